The molecule has 0 spiro atoms. The molecule has 4 saturated carbocycles. The van der Waals surface area contributed by atoms with E-state index in [1.54, 1.807) is 0 Å². The van der Waals surface area contributed by atoms with Crippen LogP contribution in [0.25, 0.3) is 0 Å². The molecule has 0 radical (unpaired) electrons. The van der Waals surface area contributed by atoms with E-state index < -0.39 is 0 Å². The zero-order valence-corrected chi connectivity index (χ0v) is 17.4. The minimum atomic E-state index is -0.324. The molecule has 0 aromatic rings. The SMILES string of the molecule is CC(=O)OC1CC[C@@]2(C)C(CCC3C4CCC(C(C)O)[C@@]4(C)CC(=O)C32)C1. The maximum Gasteiger partial charge on any atom is 0.302 e. The van der Waals surface area contributed by atoms with Crippen LogP contribution in [0.15, 0.2) is 0 Å². The lowest BCUT2D eigenvalue weighted by molar-refractivity contribution is -0.170. The highest BCUT2D eigenvalue weighted by Crippen LogP contribution is 2.66. The van der Waals surface area contributed by atoms with Crippen LogP contribution >= 0.6 is 0 Å². The highest BCUT2D eigenvalue weighted by Gasteiger charge is 2.63. The summed E-state index contributed by atoms with van der Waals surface area (Å²) in [5, 5.41) is 10.3. The molecule has 0 saturated heterocycles. The van der Waals surface area contributed by atoms with Crippen molar-refractivity contribution in [1.82, 2.24) is 0 Å². The van der Waals surface area contributed by atoms with Crippen molar-refractivity contribution >= 4 is 11.8 Å². The standard InChI is InChI=1S/C23H36O4/c1-13(24)18-7-8-19-17-6-5-15-11-16(27-14(2)25)9-10-22(15,3)21(17)20(26)12-23(18,19)4/h13,15-19,21,24H,5-12H2,1-4H3/t13?,15?,16?,17?,18?,19?,21?,22-,23+/m0/s1. The first-order valence-corrected chi connectivity index (χ1v) is 11.0. The molecule has 4 rings (SSSR count). The number of carbonyl (C=O) groups excluding carboxylic acids is 2. The quantitative estimate of drug-likeness (QED) is 0.736. The van der Waals surface area contributed by atoms with Gasteiger partial charge in [-0.05, 0) is 86.4 Å². The van der Waals surface area contributed by atoms with Crippen LogP contribution in [-0.2, 0) is 14.3 Å². The molecule has 4 fully saturated rings. The Morgan fingerprint density at radius 2 is 1.89 bits per heavy atom. The van der Waals surface area contributed by atoms with E-state index >= 15 is 0 Å². The molecule has 0 aliphatic heterocycles. The summed E-state index contributed by atoms with van der Waals surface area (Å²) in [6, 6.07) is 0. The number of aliphatic hydroxyl groups excluding tert-OH is 1. The van der Waals surface area contributed by atoms with E-state index in [9.17, 15) is 14.7 Å². The molecular formula is C23H36O4. The summed E-state index contributed by atoms with van der Waals surface area (Å²) >= 11 is 0. The monoisotopic (exact) mass is 376 g/mol. The Morgan fingerprint density at radius 1 is 1.15 bits per heavy atom. The van der Waals surface area contributed by atoms with Crippen LogP contribution in [0.5, 0.6) is 0 Å². The van der Waals surface area contributed by atoms with Crippen molar-refractivity contribution in [2.45, 2.75) is 91.3 Å². The van der Waals surface area contributed by atoms with Gasteiger partial charge in [-0.3, -0.25) is 9.59 Å². The molecule has 9 atom stereocenters. The highest BCUT2D eigenvalue weighted by molar-refractivity contribution is 5.84. The normalized spacial score (nSPS) is 50.3. The van der Waals surface area contributed by atoms with E-state index in [1.807, 2.05) is 6.92 Å². The minimum Gasteiger partial charge on any atom is -0.463 e. The molecule has 7 unspecified atom stereocenters. The molecule has 0 heterocycles. The summed E-state index contributed by atoms with van der Waals surface area (Å²) in [4.78, 5) is 24.9. The molecule has 27 heavy (non-hydrogen) atoms. The average molecular weight is 377 g/mol. The van der Waals surface area contributed by atoms with Gasteiger partial charge in [0, 0.05) is 19.3 Å². The molecule has 0 bridgehead atoms. The highest BCUT2D eigenvalue weighted by atomic mass is 16.5. The van der Waals surface area contributed by atoms with Crippen LogP contribution < -0.4 is 0 Å². The van der Waals surface area contributed by atoms with Crippen LogP contribution in [0.4, 0.5) is 0 Å². The number of aliphatic hydroxyl groups is 1. The number of hydrogen-bond acceptors (Lipinski definition) is 4. The van der Waals surface area contributed by atoms with Gasteiger partial charge in [0.25, 0.3) is 0 Å². The second-order valence-corrected chi connectivity index (χ2v) is 10.6. The fraction of sp³-hybridized carbons (Fsp3) is 0.913. The molecule has 4 aliphatic carbocycles. The van der Waals surface area contributed by atoms with Crippen LogP contribution in [0.2, 0.25) is 0 Å². The summed E-state index contributed by atoms with van der Waals surface area (Å²) in [7, 11) is 0. The molecule has 0 aromatic heterocycles. The number of Topliss-reactive ketones (excluding diaryl/α,β-unsaturated/α-hetero) is 1. The van der Waals surface area contributed by atoms with Crippen molar-refractivity contribution in [3.8, 4) is 0 Å². The zero-order chi connectivity index (χ0) is 19.6. The summed E-state index contributed by atoms with van der Waals surface area (Å²) in [6.45, 7) is 8.03. The minimum absolute atomic E-state index is 0.0233. The summed E-state index contributed by atoms with van der Waals surface area (Å²) in [6.07, 6.45) is 7.65. The molecule has 152 valence electrons. The molecule has 4 nitrogen and oxygen atoms in total. The number of fused-ring (bicyclic) bond motifs is 5. The third-order valence-corrected chi connectivity index (χ3v) is 9.29. The average Bonchev–Trinajstić information content (AvgIpc) is 2.91. The maximum absolute atomic E-state index is 13.5. The van der Waals surface area contributed by atoms with Gasteiger partial charge >= 0.3 is 5.97 Å². The maximum atomic E-state index is 13.5. The molecule has 0 amide bonds. The summed E-state index contributed by atoms with van der Waals surface area (Å²) in [5.74, 6) is 2.23. The number of esters is 1. The van der Waals surface area contributed by atoms with E-state index in [0.29, 0.717) is 30.0 Å². The van der Waals surface area contributed by atoms with Crippen LogP contribution in [0, 0.1) is 40.4 Å². The second kappa shape index (κ2) is 6.57. The van der Waals surface area contributed by atoms with E-state index in [1.165, 1.54) is 6.92 Å². The van der Waals surface area contributed by atoms with E-state index in [2.05, 4.69) is 13.8 Å². The predicted octanol–water partition coefficient (Wildman–Crippen LogP) is 4.14. The molecule has 0 aromatic carbocycles. The third kappa shape index (κ3) is 2.89. The van der Waals surface area contributed by atoms with Gasteiger partial charge in [0.15, 0.2) is 0 Å². The molecule has 4 heteroatoms. The van der Waals surface area contributed by atoms with Crippen molar-refractivity contribution in [3.63, 3.8) is 0 Å². The van der Waals surface area contributed by atoms with Gasteiger partial charge in [0.05, 0.1) is 6.10 Å². The fourth-order valence-corrected chi connectivity index (χ4v) is 8.21. The Morgan fingerprint density at radius 3 is 2.56 bits per heavy atom. The first-order valence-electron chi connectivity index (χ1n) is 11.0. The summed E-state index contributed by atoms with van der Waals surface area (Å²) < 4.78 is 5.52. The number of ketones is 1. The van der Waals surface area contributed by atoms with Gasteiger partial charge in [-0.25, -0.2) is 0 Å². The van der Waals surface area contributed by atoms with Crippen molar-refractivity contribution in [2.75, 3.05) is 0 Å². The van der Waals surface area contributed by atoms with Gasteiger partial charge < -0.3 is 9.84 Å². The largest absolute Gasteiger partial charge is 0.463 e. The third-order valence-electron chi connectivity index (χ3n) is 9.29. The van der Waals surface area contributed by atoms with Crippen molar-refractivity contribution in [3.05, 3.63) is 0 Å². The number of rotatable bonds is 2. The molecule has 1 N–H and O–H groups in total. The van der Waals surface area contributed by atoms with Gasteiger partial charge in [-0.1, -0.05) is 13.8 Å². The fourth-order valence-electron chi connectivity index (χ4n) is 8.21. The van der Waals surface area contributed by atoms with Crippen molar-refractivity contribution in [1.29, 1.82) is 0 Å². The van der Waals surface area contributed by atoms with Crippen LogP contribution in [0.3, 0.4) is 0 Å². The first-order chi connectivity index (χ1) is 12.7. The number of hydrogen-bond donors (Lipinski definition) is 1. The van der Waals surface area contributed by atoms with Gasteiger partial charge in [0.1, 0.15) is 11.9 Å². The lowest BCUT2D eigenvalue weighted by atomic mass is 9.44. The number of carbonyl (C=O) groups is 2. The predicted molar refractivity (Wildman–Crippen MR) is 103 cm³/mol. The lowest BCUT2D eigenvalue weighted by Crippen LogP contribution is -2.58. The van der Waals surface area contributed by atoms with E-state index in [4.69, 9.17) is 4.74 Å². The Hall–Kier alpha value is -0.900. The van der Waals surface area contributed by atoms with Gasteiger partial charge in [-0.15, -0.1) is 0 Å². The lowest BCUT2D eigenvalue weighted by Gasteiger charge is -2.60. The van der Waals surface area contributed by atoms with Crippen molar-refractivity contribution < 1.29 is 19.4 Å². The van der Waals surface area contributed by atoms with Crippen LogP contribution in [0.1, 0.15) is 79.1 Å². The Bertz CT molecular complexity index is 628. The summed E-state index contributed by atoms with van der Waals surface area (Å²) in [5.41, 5.74) is 0.0332. The first kappa shape index (κ1) is 19.4. The van der Waals surface area contributed by atoms with Crippen LogP contribution in [-0.4, -0.2) is 29.1 Å². The molecule has 4 aliphatic rings. The van der Waals surface area contributed by atoms with E-state index in [-0.39, 0.29) is 40.8 Å². The van der Waals surface area contributed by atoms with Crippen molar-refractivity contribution in [2.24, 2.45) is 40.4 Å². The Labute approximate surface area is 163 Å². The topological polar surface area (TPSA) is 63.6 Å². The Kier molecular flexibility index (Phi) is 4.73. The van der Waals surface area contributed by atoms with Gasteiger partial charge in [-0.2, -0.15) is 0 Å². The Balaban J connectivity index is 1.59. The van der Waals surface area contributed by atoms with E-state index in [0.717, 1.165) is 44.9 Å². The number of ether oxygens (including phenoxy) is 1. The van der Waals surface area contributed by atoms with Gasteiger partial charge in [0.2, 0.25) is 0 Å². The smallest absolute Gasteiger partial charge is 0.302 e. The second-order valence-electron chi connectivity index (χ2n) is 10.6. The molecular weight excluding hydrogens is 340 g/mol. The zero-order valence-electron chi connectivity index (χ0n) is 17.4.